The maximum Gasteiger partial charge on any atom is 0.336 e. The molecule has 1 atom stereocenters. The zero-order valence-corrected chi connectivity index (χ0v) is 8.28. The molecule has 78 valence electrons. The Kier molecular flexibility index (Phi) is 3.22. The number of nitrogens with zero attached hydrogens (tertiary/aromatic N) is 1. The number of carbonyl (C=O) groups excluding carboxylic acids is 3. The molecule has 0 N–H and O–H groups in total. The van der Waals surface area contributed by atoms with Crippen LogP contribution in [0.5, 0.6) is 0 Å². The maximum atomic E-state index is 11.4. The molecule has 0 aromatic carbocycles. The summed E-state index contributed by atoms with van der Waals surface area (Å²) in [5.41, 5.74) is 0. The zero-order chi connectivity index (χ0) is 10.7. The van der Waals surface area contributed by atoms with Crippen molar-refractivity contribution in [2.24, 2.45) is 0 Å². The van der Waals surface area contributed by atoms with Gasteiger partial charge in [0.15, 0.2) is 11.8 Å². The van der Waals surface area contributed by atoms with Crippen molar-refractivity contribution in [3.63, 3.8) is 0 Å². The minimum atomic E-state index is -1.02. The van der Waals surface area contributed by atoms with Crippen molar-refractivity contribution in [2.75, 3.05) is 13.7 Å². The normalized spacial score (nSPS) is 22.0. The number of ether oxygens (including phenoxy) is 1. The van der Waals surface area contributed by atoms with Gasteiger partial charge in [0.25, 0.3) is 0 Å². The first-order valence-corrected chi connectivity index (χ1v) is 4.45. The molecule has 5 nitrogen and oxygen atoms in total. The average molecular weight is 199 g/mol. The van der Waals surface area contributed by atoms with Crippen LogP contribution in [0, 0.1) is 0 Å². The third-order valence-electron chi connectivity index (χ3n) is 2.27. The van der Waals surface area contributed by atoms with E-state index in [1.54, 1.807) is 0 Å². The van der Waals surface area contributed by atoms with Crippen molar-refractivity contribution in [1.82, 2.24) is 4.90 Å². The summed E-state index contributed by atoms with van der Waals surface area (Å²) in [5.74, 6) is -1.16. The first-order valence-electron chi connectivity index (χ1n) is 4.45. The van der Waals surface area contributed by atoms with Gasteiger partial charge in [-0.15, -0.1) is 0 Å². The van der Waals surface area contributed by atoms with Crippen LogP contribution in [0.1, 0.15) is 19.8 Å². The number of piperidine rings is 1. The highest BCUT2D eigenvalue weighted by Gasteiger charge is 2.37. The number of hydrogen-bond donors (Lipinski definition) is 0. The van der Waals surface area contributed by atoms with Crippen molar-refractivity contribution in [2.45, 2.75) is 25.8 Å². The molecular weight excluding hydrogens is 186 g/mol. The maximum absolute atomic E-state index is 11.4. The number of esters is 1. The predicted octanol–water partition coefficient (Wildman–Crippen LogP) is -0.261. The van der Waals surface area contributed by atoms with E-state index in [0.717, 1.165) is 0 Å². The summed E-state index contributed by atoms with van der Waals surface area (Å²) in [6.07, 6.45) is 0.954. The third kappa shape index (κ3) is 1.92. The van der Waals surface area contributed by atoms with Gasteiger partial charge in [0.1, 0.15) is 0 Å². The molecule has 1 aliphatic heterocycles. The standard InChI is InChI=1S/C9H13NO4/c1-6(11)10-5-3-4-7(12)8(10)9(13)14-2/h8H,3-5H2,1-2H3. The minimum absolute atomic E-state index is 0.238. The molecular formula is C9H13NO4. The first-order chi connectivity index (χ1) is 6.57. The fraction of sp³-hybridized carbons (Fsp3) is 0.667. The van der Waals surface area contributed by atoms with Gasteiger partial charge < -0.3 is 9.64 Å². The zero-order valence-electron chi connectivity index (χ0n) is 8.28. The number of carbonyl (C=O) groups is 3. The van der Waals surface area contributed by atoms with Gasteiger partial charge in [-0.3, -0.25) is 9.59 Å². The van der Waals surface area contributed by atoms with E-state index in [1.165, 1.54) is 18.9 Å². The topological polar surface area (TPSA) is 63.7 Å². The van der Waals surface area contributed by atoms with E-state index in [9.17, 15) is 14.4 Å². The molecule has 1 fully saturated rings. The van der Waals surface area contributed by atoms with Crippen LogP contribution in [0.15, 0.2) is 0 Å². The second kappa shape index (κ2) is 4.21. The van der Waals surface area contributed by atoms with Gasteiger partial charge in [-0.2, -0.15) is 0 Å². The highest BCUT2D eigenvalue weighted by Crippen LogP contribution is 2.14. The van der Waals surface area contributed by atoms with Crippen LogP contribution in [-0.2, 0) is 19.1 Å². The lowest BCUT2D eigenvalue weighted by molar-refractivity contribution is -0.158. The van der Waals surface area contributed by atoms with Crippen LogP contribution < -0.4 is 0 Å². The smallest absolute Gasteiger partial charge is 0.336 e. The number of ketones is 1. The number of Topliss-reactive ketones (excluding diaryl/α,β-unsaturated/α-hetero) is 1. The first kappa shape index (κ1) is 10.7. The van der Waals surface area contributed by atoms with Gasteiger partial charge in [0.2, 0.25) is 5.91 Å². The Hall–Kier alpha value is -1.39. The lowest BCUT2D eigenvalue weighted by atomic mass is 10.0. The van der Waals surface area contributed by atoms with Crippen molar-refractivity contribution in [1.29, 1.82) is 0 Å². The van der Waals surface area contributed by atoms with Crippen LogP contribution in [-0.4, -0.2) is 42.3 Å². The van der Waals surface area contributed by atoms with Crippen molar-refractivity contribution in [3.8, 4) is 0 Å². The monoisotopic (exact) mass is 199 g/mol. The third-order valence-corrected chi connectivity index (χ3v) is 2.27. The summed E-state index contributed by atoms with van der Waals surface area (Å²) in [6.45, 7) is 1.79. The lowest BCUT2D eigenvalue weighted by Crippen LogP contribution is -2.52. The Balaban J connectivity index is 2.86. The molecule has 1 amide bonds. The molecule has 5 heteroatoms. The Morgan fingerprint density at radius 1 is 1.50 bits per heavy atom. The molecule has 1 aliphatic rings. The quantitative estimate of drug-likeness (QED) is 0.431. The molecule has 1 rings (SSSR count). The Bertz CT molecular complexity index is 266. The number of hydrogen-bond acceptors (Lipinski definition) is 4. The van der Waals surface area contributed by atoms with Crippen LogP contribution in [0.4, 0.5) is 0 Å². The van der Waals surface area contributed by atoms with E-state index in [4.69, 9.17) is 0 Å². The van der Waals surface area contributed by atoms with Gasteiger partial charge in [-0.05, 0) is 6.42 Å². The molecule has 1 unspecified atom stereocenters. The number of methoxy groups -OCH3 is 1. The molecule has 0 spiro atoms. The summed E-state index contributed by atoms with van der Waals surface area (Å²) in [5, 5.41) is 0. The Morgan fingerprint density at radius 3 is 2.64 bits per heavy atom. The average Bonchev–Trinajstić information content (AvgIpc) is 2.16. The number of rotatable bonds is 1. The van der Waals surface area contributed by atoms with E-state index in [0.29, 0.717) is 19.4 Å². The summed E-state index contributed by atoms with van der Waals surface area (Å²) in [6, 6.07) is -1.02. The van der Waals surface area contributed by atoms with Crippen LogP contribution in [0.3, 0.4) is 0 Å². The Labute approximate surface area is 82.0 Å². The van der Waals surface area contributed by atoms with Gasteiger partial charge in [0, 0.05) is 19.9 Å². The molecule has 1 heterocycles. The largest absolute Gasteiger partial charge is 0.467 e. The highest BCUT2D eigenvalue weighted by atomic mass is 16.5. The minimum Gasteiger partial charge on any atom is -0.467 e. The molecule has 0 aromatic heterocycles. The second-order valence-corrected chi connectivity index (χ2v) is 3.21. The predicted molar refractivity (Wildman–Crippen MR) is 47.4 cm³/mol. The molecule has 14 heavy (non-hydrogen) atoms. The van der Waals surface area contributed by atoms with Crippen molar-refractivity contribution < 1.29 is 19.1 Å². The number of likely N-dealkylation sites (tertiary alicyclic amines) is 1. The Morgan fingerprint density at radius 2 is 2.14 bits per heavy atom. The van der Waals surface area contributed by atoms with Crippen LogP contribution >= 0.6 is 0 Å². The van der Waals surface area contributed by atoms with Crippen LogP contribution in [0.2, 0.25) is 0 Å². The fourth-order valence-corrected chi connectivity index (χ4v) is 1.57. The molecule has 0 radical (unpaired) electrons. The fourth-order valence-electron chi connectivity index (χ4n) is 1.57. The second-order valence-electron chi connectivity index (χ2n) is 3.21. The van der Waals surface area contributed by atoms with E-state index in [-0.39, 0.29) is 11.7 Å². The van der Waals surface area contributed by atoms with Crippen molar-refractivity contribution in [3.05, 3.63) is 0 Å². The number of amides is 1. The molecule has 0 bridgehead atoms. The van der Waals surface area contributed by atoms with E-state index < -0.39 is 12.0 Å². The van der Waals surface area contributed by atoms with Gasteiger partial charge in [0.05, 0.1) is 7.11 Å². The molecule has 0 aliphatic carbocycles. The van der Waals surface area contributed by atoms with E-state index in [1.807, 2.05) is 0 Å². The lowest BCUT2D eigenvalue weighted by Gasteiger charge is -2.31. The van der Waals surface area contributed by atoms with Gasteiger partial charge in [-0.1, -0.05) is 0 Å². The summed E-state index contributed by atoms with van der Waals surface area (Å²) in [4.78, 5) is 35.1. The van der Waals surface area contributed by atoms with Gasteiger partial charge in [-0.25, -0.2) is 4.79 Å². The molecule has 0 aromatic rings. The molecule has 1 saturated heterocycles. The van der Waals surface area contributed by atoms with Crippen molar-refractivity contribution >= 4 is 17.7 Å². The van der Waals surface area contributed by atoms with Gasteiger partial charge >= 0.3 is 5.97 Å². The summed E-state index contributed by atoms with van der Waals surface area (Å²) < 4.78 is 4.49. The summed E-state index contributed by atoms with van der Waals surface area (Å²) in [7, 11) is 1.21. The molecule has 0 saturated carbocycles. The summed E-state index contributed by atoms with van der Waals surface area (Å²) >= 11 is 0. The highest BCUT2D eigenvalue weighted by molar-refractivity contribution is 6.06. The SMILES string of the molecule is COC(=O)C1C(=O)CCCN1C(C)=O. The van der Waals surface area contributed by atoms with E-state index >= 15 is 0 Å². The van der Waals surface area contributed by atoms with E-state index in [2.05, 4.69) is 4.74 Å². The van der Waals surface area contributed by atoms with Crippen LogP contribution in [0.25, 0.3) is 0 Å².